The summed E-state index contributed by atoms with van der Waals surface area (Å²) in [6, 6.07) is 4.62. The first-order valence-corrected chi connectivity index (χ1v) is 5.61. The van der Waals surface area contributed by atoms with Crippen molar-refractivity contribution in [3.63, 3.8) is 0 Å². The van der Waals surface area contributed by atoms with Gasteiger partial charge in [-0.05, 0) is 30.3 Å². The summed E-state index contributed by atoms with van der Waals surface area (Å²) >= 11 is 0. The van der Waals surface area contributed by atoms with Crippen LogP contribution in [-0.4, -0.2) is 16.0 Å². The van der Waals surface area contributed by atoms with Crippen LogP contribution in [0.1, 0.15) is 16.1 Å². The minimum absolute atomic E-state index is 0.265. The molecule has 0 unspecified atom stereocenters. The van der Waals surface area contributed by atoms with Gasteiger partial charge in [0.15, 0.2) is 5.69 Å². The molecule has 2 rings (SSSR count). The lowest BCUT2D eigenvalue weighted by atomic mass is 10.1. The first-order valence-electron chi connectivity index (χ1n) is 5.61. The molecule has 0 bridgehead atoms. The maximum absolute atomic E-state index is 13.1. The Morgan fingerprint density at radius 3 is 2.57 bits per heavy atom. The molecule has 8 heteroatoms. The van der Waals surface area contributed by atoms with E-state index < -0.39 is 29.2 Å². The molecule has 1 heterocycles. The molecular formula is C13H8F4N2O2. The fourth-order valence-corrected chi connectivity index (χ4v) is 1.58. The van der Waals surface area contributed by atoms with Crippen LogP contribution in [0.4, 0.5) is 23.2 Å². The van der Waals surface area contributed by atoms with Crippen molar-refractivity contribution in [3.8, 4) is 5.75 Å². The molecule has 0 saturated heterocycles. The second kappa shape index (κ2) is 5.39. The van der Waals surface area contributed by atoms with Crippen molar-refractivity contribution in [2.24, 2.45) is 0 Å². The SMILES string of the molecule is O=C(Nc1ccc(F)c(C(F)(F)F)c1)c1ncccc1O. The monoisotopic (exact) mass is 300 g/mol. The summed E-state index contributed by atoms with van der Waals surface area (Å²) in [6.07, 6.45) is -3.64. The quantitative estimate of drug-likeness (QED) is 0.837. The van der Waals surface area contributed by atoms with Gasteiger partial charge in [0, 0.05) is 11.9 Å². The molecule has 0 aliphatic carbocycles. The largest absolute Gasteiger partial charge is 0.505 e. The minimum Gasteiger partial charge on any atom is -0.505 e. The fourth-order valence-electron chi connectivity index (χ4n) is 1.58. The number of carbonyl (C=O) groups excluding carboxylic acids is 1. The van der Waals surface area contributed by atoms with Gasteiger partial charge in [0.2, 0.25) is 0 Å². The van der Waals surface area contributed by atoms with Crippen molar-refractivity contribution in [1.29, 1.82) is 0 Å². The molecule has 21 heavy (non-hydrogen) atoms. The van der Waals surface area contributed by atoms with E-state index in [0.29, 0.717) is 12.1 Å². The van der Waals surface area contributed by atoms with E-state index in [-0.39, 0.29) is 11.4 Å². The highest BCUT2D eigenvalue weighted by Crippen LogP contribution is 2.33. The molecule has 0 aliphatic heterocycles. The molecule has 1 aromatic heterocycles. The molecule has 110 valence electrons. The summed E-state index contributed by atoms with van der Waals surface area (Å²) in [5.74, 6) is -2.78. The predicted molar refractivity (Wildman–Crippen MR) is 65.3 cm³/mol. The Hall–Kier alpha value is -2.64. The normalized spacial score (nSPS) is 11.2. The van der Waals surface area contributed by atoms with Crippen LogP contribution in [0.3, 0.4) is 0 Å². The Kier molecular flexibility index (Phi) is 3.79. The minimum atomic E-state index is -4.88. The Labute approximate surface area is 116 Å². The van der Waals surface area contributed by atoms with Crippen LogP contribution in [0, 0.1) is 5.82 Å². The highest BCUT2D eigenvalue weighted by atomic mass is 19.4. The molecule has 4 nitrogen and oxygen atoms in total. The molecule has 2 aromatic rings. The van der Waals surface area contributed by atoms with Gasteiger partial charge in [-0.3, -0.25) is 4.79 Å². The number of benzene rings is 1. The second-order valence-electron chi connectivity index (χ2n) is 4.02. The molecule has 0 spiro atoms. The number of nitrogens with zero attached hydrogens (tertiary/aromatic N) is 1. The summed E-state index contributed by atoms with van der Waals surface area (Å²) in [5, 5.41) is 11.5. The van der Waals surface area contributed by atoms with Crippen molar-refractivity contribution >= 4 is 11.6 Å². The number of amides is 1. The van der Waals surface area contributed by atoms with Crippen molar-refractivity contribution in [2.45, 2.75) is 6.18 Å². The van der Waals surface area contributed by atoms with Crippen molar-refractivity contribution in [3.05, 3.63) is 53.6 Å². The van der Waals surface area contributed by atoms with E-state index in [2.05, 4.69) is 10.3 Å². The van der Waals surface area contributed by atoms with Crippen molar-refractivity contribution in [2.75, 3.05) is 5.32 Å². The van der Waals surface area contributed by atoms with Crippen molar-refractivity contribution < 1.29 is 27.5 Å². The summed E-state index contributed by atoms with van der Waals surface area (Å²) < 4.78 is 50.7. The standard InChI is InChI=1S/C13H8F4N2O2/c14-9-4-3-7(6-8(9)13(15,16)17)19-12(21)11-10(20)2-1-5-18-11/h1-6,20H,(H,19,21). The summed E-state index contributed by atoms with van der Waals surface area (Å²) in [7, 11) is 0. The lowest BCUT2D eigenvalue weighted by Crippen LogP contribution is -2.15. The number of aromatic hydroxyl groups is 1. The number of rotatable bonds is 2. The Morgan fingerprint density at radius 1 is 1.24 bits per heavy atom. The van der Waals surface area contributed by atoms with Gasteiger partial charge in [0.1, 0.15) is 11.6 Å². The van der Waals surface area contributed by atoms with Gasteiger partial charge in [0.05, 0.1) is 5.56 Å². The van der Waals surface area contributed by atoms with Crippen LogP contribution in [0.2, 0.25) is 0 Å². The predicted octanol–water partition coefficient (Wildman–Crippen LogP) is 3.20. The second-order valence-corrected chi connectivity index (χ2v) is 4.02. The van der Waals surface area contributed by atoms with E-state index >= 15 is 0 Å². The van der Waals surface area contributed by atoms with Gasteiger partial charge < -0.3 is 10.4 Å². The number of hydrogen-bond donors (Lipinski definition) is 2. The molecule has 0 radical (unpaired) electrons. The molecule has 1 aromatic carbocycles. The number of anilines is 1. The number of hydrogen-bond acceptors (Lipinski definition) is 3. The van der Waals surface area contributed by atoms with Crippen LogP contribution in [-0.2, 0) is 6.18 Å². The Morgan fingerprint density at radius 2 is 1.95 bits per heavy atom. The van der Waals surface area contributed by atoms with Gasteiger partial charge in [-0.15, -0.1) is 0 Å². The third-order valence-corrected chi connectivity index (χ3v) is 2.53. The number of carbonyl (C=O) groups is 1. The van der Waals surface area contributed by atoms with Crippen LogP contribution in [0.15, 0.2) is 36.5 Å². The smallest absolute Gasteiger partial charge is 0.419 e. The highest BCUT2D eigenvalue weighted by molar-refractivity contribution is 6.04. The van der Waals surface area contributed by atoms with Crippen LogP contribution < -0.4 is 5.32 Å². The van der Waals surface area contributed by atoms with E-state index in [1.807, 2.05) is 0 Å². The average molecular weight is 300 g/mol. The zero-order valence-electron chi connectivity index (χ0n) is 10.3. The summed E-state index contributed by atoms with van der Waals surface area (Å²) in [5.41, 5.74) is -2.11. The zero-order valence-corrected chi connectivity index (χ0v) is 10.3. The molecule has 1 amide bonds. The summed E-state index contributed by atoms with van der Waals surface area (Å²) in [6.45, 7) is 0. The third-order valence-electron chi connectivity index (χ3n) is 2.53. The molecule has 0 fully saturated rings. The first-order chi connectivity index (χ1) is 9.79. The van der Waals surface area contributed by atoms with E-state index in [1.165, 1.54) is 18.3 Å². The van der Waals surface area contributed by atoms with E-state index in [0.717, 1.165) is 6.07 Å². The highest BCUT2D eigenvalue weighted by Gasteiger charge is 2.34. The van der Waals surface area contributed by atoms with Gasteiger partial charge in [-0.25, -0.2) is 9.37 Å². The fraction of sp³-hybridized carbons (Fsp3) is 0.0769. The lowest BCUT2D eigenvalue weighted by molar-refractivity contribution is -0.139. The van der Waals surface area contributed by atoms with Crippen LogP contribution in [0.25, 0.3) is 0 Å². The maximum Gasteiger partial charge on any atom is 0.419 e. The van der Waals surface area contributed by atoms with E-state index in [9.17, 15) is 27.5 Å². The van der Waals surface area contributed by atoms with Gasteiger partial charge in [-0.1, -0.05) is 0 Å². The van der Waals surface area contributed by atoms with Gasteiger partial charge in [0.25, 0.3) is 5.91 Å². The summed E-state index contributed by atoms with van der Waals surface area (Å²) in [4.78, 5) is 15.4. The topological polar surface area (TPSA) is 62.2 Å². The Balaban J connectivity index is 2.29. The van der Waals surface area contributed by atoms with E-state index in [4.69, 9.17) is 0 Å². The van der Waals surface area contributed by atoms with E-state index in [1.54, 1.807) is 0 Å². The number of halogens is 4. The van der Waals surface area contributed by atoms with Crippen LogP contribution >= 0.6 is 0 Å². The van der Waals surface area contributed by atoms with Crippen molar-refractivity contribution in [1.82, 2.24) is 4.98 Å². The van der Waals surface area contributed by atoms with Gasteiger partial charge >= 0.3 is 6.18 Å². The molecule has 0 aliphatic rings. The first kappa shape index (κ1) is 14.8. The number of aromatic nitrogens is 1. The lowest BCUT2D eigenvalue weighted by Gasteiger charge is -2.11. The van der Waals surface area contributed by atoms with Crippen LogP contribution in [0.5, 0.6) is 5.75 Å². The number of nitrogens with one attached hydrogen (secondary N) is 1. The maximum atomic E-state index is 13.1. The molecular weight excluding hydrogens is 292 g/mol. The molecule has 0 atom stereocenters. The number of pyridine rings is 1. The third kappa shape index (κ3) is 3.28. The molecule has 2 N–H and O–H groups in total. The zero-order chi connectivity index (χ0) is 15.6. The van der Waals surface area contributed by atoms with Gasteiger partial charge in [-0.2, -0.15) is 13.2 Å². The molecule has 0 saturated carbocycles. The average Bonchev–Trinajstić information content (AvgIpc) is 2.40. The Bertz CT molecular complexity index is 686. The number of alkyl halides is 3.